The van der Waals surface area contributed by atoms with Gasteiger partial charge < -0.3 is 9.84 Å². The molecule has 7 heteroatoms. The number of benzene rings is 2. The molecule has 2 aromatic carbocycles. The molecule has 0 unspecified atom stereocenters. The minimum atomic E-state index is -1.13. The SMILES string of the molecule is O=C(O)Nc1csc(Cc2cc(Cl)ccc2OCc2ccccc2)n1. The summed E-state index contributed by atoms with van der Waals surface area (Å²) in [7, 11) is 0. The topological polar surface area (TPSA) is 71.5 Å². The van der Waals surface area contributed by atoms with Crippen LogP contribution in [0.25, 0.3) is 0 Å². The second kappa shape index (κ2) is 8.00. The lowest BCUT2D eigenvalue weighted by Crippen LogP contribution is -2.07. The second-order valence-corrected chi connectivity index (χ2v) is 6.64. The molecule has 0 aliphatic carbocycles. The number of carbonyl (C=O) groups is 1. The second-order valence-electron chi connectivity index (χ2n) is 5.26. The Morgan fingerprint density at radius 3 is 2.80 bits per heavy atom. The molecule has 128 valence electrons. The number of thiazole rings is 1. The molecule has 3 aromatic rings. The number of anilines is 1. The maximum Gasteiger partial charge on any atom is 0.410 e. The summed E-state index contributed by atoms with van der Waals surface area (Å²) < 4.78 is 5.93. The number of nitrogens with one attached hydrogen (secondary N) is 1. The van der Waals surface area contributed by atoms with E-state index >= 15 is 0 Å². The van der Waals surface area contributed by atoms with Crippen LogP contribution in [0.15, 0.2) is 53.9 Å². The molecule has 0 bridgehead atoms. The van der Waals surface area contributed by atoms with E-state index in [2.05, 4.69) is 10.3 Å². The van der Waals surface area contributed by atoms with E-state index in [0.29, 0.717) is 23.9 Å². The van der Waals surface area contributed by atoms with Crippen molar-refractivity contribution in [3.8, 4) is 5.75 Å². The first-order chi connectivity index (χ1) is 12.1. The van der Waals surface area contributed by atoms with Gasteiger partial charge in [-0.2, -0.15) is 0 Å². The number of nitrogens with zero attached hydrogens (tertiary/aromatic N) is 1. The maximum absolute atomic E-state index is 10.7. The van der Waals surface area contributed by atoms with Crippen molar-refractivity contribution >= 4 is 34.8 Å². The fraction of sp³-hybridized carbons (Fsp3) is 0.111. The smallest absolute Gasteiger partial charge is 0.410 e. The summed E-state index contributed by atoms with van der Waals surface area (Å²) in [5.41, 5.74) is 1.98. The molecule has 0 fully saturated rings. The minimum absolute atomic E-state index is 0.321. The third kappa shape index (κ3) is 4.95. The van der Waals surface area contributed by atoms with Gasteiger partial charge in [0.1, 0.15) is 18.2 Å². The van der Waals surface area contributed by atoms with E-state index in [-0.39, 0.29) is 0 Å². The number of carboxylic acid groups (broad SMARTS) is 1. The van der Waals surface area contributed by atoms with E-state index in [1.165, 1.54) is 11.3 Å². The lowest BCUT2D eigenvalue weighted by Gasteiger charge is -2.11. The van der Waals surface area contributed by atoms with E-state index in [4.69, 9.17) is 21.4 Å². The fourth-order valence-electron chi connectivity index (χ4n) is 2.28. The number of aromatic nitrogens is 1. The van der Waals surface area contributed by atoms with E-state index in [1.54, 1.807) is 11.4 Å². The van der Waals surface area contributed by atoms with Crippen LogP contribution in [0.2, 0.25) is 5.02 Å². The Bertz CT molecular complexity index is 868. The number of hydrogen-bond donors (Lipinski definition) is 2. The average Bonchev–Trinajstić information content (AvgIpc) is 3.01. The van der Waals surface area contributed by atoms with Gasteiger partial charge in [-0.3, -0.25) is 5.32 Å². The summed E-state index contributed by atoms with van der Waals surface area (Å²) in [5, 5.41) is 14.0. The fourth-order valence-corrected chi connectivity index (χ4v) is 3.23. The summed E-state index contributed by atoms with van der Waals surface area (Å²) in [4.78, 5) is 14.9. The number of ether oxygens (including phenoxy) is 1. The molecule has 0 aliphatic rings. The van der Waals surface area contributed by atoms with Gasteiger partial charge in [0, 0.05) is 22.4 Å². The van der Waals surface area contributed by atoms with Crippen molar-refractivity contribution in [2.24, 2.45) is 0 Å². The molecule has 25 heavy (non-hydrogen) atoms. The molecule has 0 radical (unpaired) electrons. The Kier molecular flexibility index (Phi) is 5.53. The van der Waals surface area contributed by atoms with Crippen LogP contribution in [0.5, 0.6) is 5.75 Å². The maximum atomic E-state index is 10.7. The van der Waals surface area contributed by atoms with Gasteiger partial charge in [0.25, 0.3) is 0 Å². The van der Waals surface area contributed by atoms with Crippen LogP contribution in [0, 0.1) is 0 Å². The Hall–Kier alpha value is -2.57. The van der Waals surface area contributed by atoms with Gasteiger partial charge in [0.2, 0.25) is 0 Å². The van der Waals surface area contributed by atoms with E-state index in [9.17, 15) is 4.79 Å². The van der Waals surface area contributed by atoms with Crippen molar-refractivity contribution in [3.63, 3.8) is 0 Å². The molecule has 1 amide bonds. The first-order valence-corrected chi connectivity index (χ1v) is 8.75. The minimum Gasteiger partial charge on any atom is -0.489 e. The molecule has 5 nitrogen and oxygen atoms in total. The molecule has 0 atom stereocenters. The van der Waals surface area contributed by atoms with Crippen molar-refractivity contribution in [2.75, 3.05) is 5.32 Å². The van der Waals surface area contributed by atoms with Crippen molar-refractivity contribution < 1.29 is 14.6 Å². The van der Waals surface area contributed by atoms with Crippen LogP contribution >= 0.6 is 22.9 Å². The highest BCUT2D eigenvalue weighted by atomic mass is 35.5. The molecule has 0 saturated carbocycles. The van der Waals surface area contributed by atoms with Crippen molar-refractivity contribution in [3.05, 3.63) is 75.1 Å². The van der Waals surface area contributed by atoms with Crippen LogP contribution in [-0.4, -0.2) is 16.2 Å². The van der Waals surface area contributed by atoms with Gasteiger partial charge in [0.05, 0.1) is 5.01 Å². The zero-order valence-corrected chi connectivity index (χ0v) is 14.7. The number of hydrogen-bond acceptors (Lipinski definition) is 4. The molecule has 3 rings (SSSR count). The summed E-state index contributed by atoms with van der Waals surface area (Å²) in [5.74, 6) is 1.05. The largest absolute Gasteiger partial charge is 0.489 e. The predicted molar refractivity (Wildman–Crippen MR) is 98.8 cm³/mol. The summed E-state index contributed by atoms with van der Waals surface area (Å²) >= 11 is 7.49. The van der Waals surface area contributed by atoms with Crippen molar-refractivity contribution in [1.82, 2.24) is 4.98 Å². The molecule has 0 saturated heterocycles. The lowest BCUT2D eigenvalue weighted by atomic mass is 10.1. The summed E-state index contributed by atoms with van der Waals surface area (Å²) in [6.07, 6.45) is -0.622. The number of halogens is 1. The normalized spacial score (nSPS) is 10.4. The highest BCUT2D eigenvalue weighted by molar-refractivity contribution is 7.10. The monoisotopic (exact) mass is 374 g/mol. The van der Waals surface area contributed by atoms with Gasteiger partial charge in [-0.1, -0.05) is 41.9 Å². The number of amides is 1. The Balaban J connectivity index is 1.74. The average molecular weight is 375 g/mol. The zero-order valence-electron chi connectivity index (χ0n) is 13.1. The summed E-state index contributed by atoms with van der Waals surface area (Å²) in [6, 6.07) is 15.4. The highest BCUT2D eigenvalue weighted by Gasteiger charge is 2.10. The molecule has 2 N–H and O–H groups in total. The van der Waals surface area contributed by atoms with Gasteiger partial charge >= 0.3 is 6.09 Å². The van der Waals surface area contributed by atoms with Crippen molar-refractivity contribution in [1.29, 1.82) is 0 Å². The van der Waals surface area contributed by atoms with E-state index < -0.39 is 6.09 Å². The third-order valence-electron chi connectivity index (χ3n) is 3.39. The molecular formula is C18H15ClN2O3S. The van der Waals surface area contributed by atoms with Crippen LogP contribution in [0.3, 0.4) is 0 Å². The Morgan fingerprint density at radius 1 is 1.24 bits per heavy atom. The first-order valence-electron chi connectivity index (χ1n) is 7.49. The summed E-state index contributed by atoms with van der Waals surface area (Å²) in [6.45, 7) is 0.458. The van der Waals surface area contributed by atoms with Gasteiger partial charge in [-0.05, 0) is 23.8 Å². The van der Waals surface area contributed by atoms with Gasteiger partial charge in [0.15, 0.2) is 0 Å². The quantitative estimate of drug-likeness (QED) is 0.632. The van der Waals surface area contributed by atoms with E-state index in [0.717, 1.165) is 21.9 Å². The lowest BCUT2D eigenvalue weighted by molar-refractivity contribution is 0.209. The van der Waals surface area contributed by atoms with Crippen molar-refractivity contribution in [2.45, 2.75) is 13.0 Å². The highest BCUT2D eigenvalue weighted by Crippen LogP contribution is 2.28. The van der Waals surface area contributed by atoms with Crippen LogP contribution in [0.1, 0.15) is 16.1 Å². The first kappa shape index (κ1) is 17.3. The van der Waals surface area contributed by atoms with E-state index in [1.807, 2.05) is 42.5 Å². The number of rotatable bonds is 6. The van der Waals surface area contributed by atoms with Crippen LogP contribution in [0.4, 0.5) is 10.6 Å². The van der Waals surface area contributed by atoms with Crippen LogP contribution in [-0.2, 0) is 13.0 Å². The Morgan fingerprint density at radius 2 is 2.04 bits per heavy atom. The molecule has 1 aromatic heterocycles. The Labute approximate surface area is 153 Å². The molecule has 0 spiro atoms. The predicted octanol–water partition coefficient (Wildman–Crippen LogP) is 5.06. The van der Waals surface area contributed by atoms with Crippen LogP contribution < -0.4 is 10.1 Å². The van der Waals surface area contributed by atoms with Gasteiger partial charge in [-0.15, -0.1) is 11.3 Å². The standard InChI is InChI=1S/C18H15ClN2O3S/c19-14-6-7-15(24-10-12-4-2-1-3-5-12)13(8-14)9-17-20-16(11-25-17)21-18(22)23/h1-8,11,21H,9-10H2,(H,22,23). The van der Waals surface area contributed by atoms with Gasteiger partial charge in [-0.25, -0.2) is 9.78 Å². The molecule has 1 heterocycles. The third-order valence-corrected chi connectivity index (χ3v) is 4.47. The molecular weight excluding hydrogens is 360 g/mol. The zero-order chi connectivity index (χ0) is 17.6. The molecule has 0 aliphatic heterocycles.